The largest absolute Gasteiger partial charge is 0.353 e. The highest BCUT2D eigenvalue weighted by Gasteiger charge is 2.11. The topological polar surface area (TPSA) is 58.1 Å². The molecule has 2 heterocycles. The standard InChI is InChI=1S/C11H6ClN3O/c12-7-3-1-2-6-9-8(14-10(6)7)4-5-13-11(9)15-16/h1-5,14H. The zero-order chi connectivity index (χ0) is 11.1. The summed E-state index contributed by atoms with van der Waals surface area (Å²) in [5.74, 6) is 0.186. The van der Waals surface area contributed by atoms with E-state index in [2.05, 4.69) is 15.1 Å². The van der Waals surface area contributed by atoms with Gasteiger partial charge >= 0.3 is 0 Å². The molecule has 0 bridgehead atoms. The highest BCUT2D eigenvalue weighted by molar-refractivity contribution is 6.36. The lowest BCUT2D eigenvalue weighted by molar-refractivity contribution is 1.29. The fourth-order valence-electron chi connectivity index (χ4n) is 1.88. The van der Waals surface area contributed by atoms with Crippen LogP contribution in [-0.4, -0.2) is 9.97 Å². The Balaban J connectivity index is 2.62. The zero-order valence-electron chi connectivity index (χ0n) is 8.07. The van der Waals surface area contributed by atoms with E-state index in [0.717, 1.165) is 21.8 Å². The number of H-pyrrole nitrogens is 1. The van der Waals surface area contributed by atoms with E-state index in [4.69, 9.17) is 11.6 Å². The number of hydrogen-bond donors (Lipinski definition) is 1. The average molecular weight is 232 g/mol. The molecule has 0 fully saturated rings. The number of halogens is 1. The number of pyridine rings is 1. The van der Waals surface area contributed by atoms with Crippen LogP contribution in [0.3, 0.4) is 0 Å². The van der Waals surface area contributed by atoms with Crippen molar-refractivity contribution in [1.82, 2.24) is 9.97 Å². The lowest BCUT2D eigenvalue weighted by Crippen LogP contribution is -1.73. The number of nitrogens with one attached hydrogen (secondary N) is 1. The monoisotopic (exact) mass is 231 g/mol. The molecular formula is C11H6ClN3O. The lowest BCUT2D eigenvalue weighted by Gasteiger charge is -1.93. The van der Waals surface area contributed by atoms with Crippen LogP contribution in [0.1, 0.15) is 0 Å². The molecule has 0 aliphatic heterocycles. The SMILES string of the molecule is O=Nc1nccc2[nH]c3c(Cl)cccc3c12. The van der Waals surface area contributed by atoms with Gasteiger partial charge in [-0.05, 0) is 17.3 Å². The minimum absolute atomic E-state index is 0.186. The van der Waals surface area contributed by atoms with Gasteiger partial charge in [0.05, 0.1) is 21.4 Å². The molecule has 4 nitrogen and oxygen atoms in total. The highest BCUT2D eigenvalue weighted by Crippen LogP contribution is 2.34. The molecule has 16 heavy (non-hydrogen) atoms. The number of hydrogen-bond acceptors (Lipinski definition) is 3. The van der Waals surface area contributed by atoms with Crippen molar-refractivity contribution in [1.29, 1.82) is 0 Å². The van der Waals surface area contributed by atoms with Crippen LogP contribution in [-0.2, 0) is 0 Å². The summed E-state index contributed by atoms with van der Waals surface area (Å²) < 4.78 is 0. The van der Waals surface area contributed by atoms with Crippen LogP contribution in [0.2, 0.25) is 5.02 Å². The third-order valence-corrected chi connectivity index (χ3v) is 2.88. The Morgan fingerprint density at radius 2 is 2.19 bits per heavy atom. The molecule has 0 spiro atoms. The van der Waals surface area contributed by atoms with Crippen LogP contribution in [0.5, 0.6) is 0 Å². The summed E-state index contributed by atoms with van der Waals surface area (Å²) in [6.07, 6.45) is 1.54. The van der Waals surface area contributed by atoms with Gasteiger partial charge in [0.1, 0.15) is 0 Å². The van der Waals surface area contributed by atoms with E-state index >= 15 is 0 Å². The second-order valence-corrected chi connectivity index (χ2v) is 3.84. The van der Waals surface area contributed by atoms with Crippen LogP contribution < -0.4 is 0 Å². The number of rotatable bonds is 1. The minimum Gasteiger partial charge on any atom is -0.353 e. The first-order valence-electron chi connectivity index (χ1n) is 4.69. The van der Waals surface area contributed by atoms with Crippen molar-refractivity contribution in [3.8, 4) is 0 Å². The number of para-hydroxylation sites is 1. The van der Waals surface area contributed by atoms with E-state index in [9.17, 15) is 4.91 Å². The number of aromatic amines is 1. The van der Waals surface area contributed by atoms with E-state index in [1.54, 1.807) is 18.3 Å². The molecular weight excluding hydrogens is 226 g/mol. The van der Waals surface area contributed by atoms with Crippen molar-refractivity contribution in [2.45, 2.75) is 0 Å². The molecule has 3 rings (SSSR count). The van der Waals surface area contributed by atoms with Gasteiger partial charge in [-0.2, -0.15) is 0 Å². The van der Waals surface area contributed by atoms with Crippen molar-refractivity contribution in [3.05, 3.63) is 40.4 Å². The van der Waals surface area contributed by atoms with Crippen molar-refractivity contribution in [3.63, 3.8) is 0 Å². The summed E-state index contributed by atoms with van der Waals surface area (Å²) in [4.78, 5) is 17.8. The van der Waals surface area contributed by atoms with Crippen LogP contribution in [0.25, 0.3) is 21.8 Å². The number of benzene rings is 1. The van der Waals surface area contributed by atoms with Gasteiger partial charge < -0.3 is 4.98 Å². The minimum atomic E-state index is 0.186. The van der Waals surface area contributed by atoms with Gasteiger partial charge in [-0.25, -0.2) is 4.98 Å². The van der Waals surface area contributed by atoms with Crippen LogP contribution in [0, 0.1) is 4.91 Å². The quantitative estimate of drug-likeness (QED) is 0.648. The molecule has 0 saturated heterocycles. The summed E-state index contributed by atoms with van der Waals surface area (Å²) >= 11 is 6.06. The molecule has 2 aromatic heterocycles. The van der Waals surface area contributed by atoms with Gasteiger partial charge in [-0.15, -0.1) is 4.91 Å². The summed E-state index contributed by atoms with van der Waals surface area (Å²) in [5.41, 5.74) is 1.62. The third kappa shape index (κ3) is 1.13. The van der Waals surface area contributed by atoms with Gasteiger partial charge in [0.15, 0.2) is 0 Å². The molecule has 1 N–H and O–H groups in total. The Morgan fingerprint density at radius 3 is 3.00 bits per heavy atom. The average Bonchev–Trinajstić information content (AvgIpc) is 2.69. The van der Waals surface area contributed by atoms with Crippen LogP contribution in [0.4, 0.5) is 5.82 Å². The number of fused-ring (bicyclic) bond motifs is 3. The van der Waals surface area contributed by atoms with Crippen molar-refractivity contribution < 1.29 is 0 Å². The second-order valence-electron chi connectivity index (χ2n) is 3.44. The Morgan fingerprint density at radius 1 is 1.31 bits per heavy atom. The van der Waals surface area contributed by atoms with E-state index in [-0.39, 0.29) is 5.82 Å². The second kappa shape index (κ2) is 3.28. The first-order chi connectivity index (χ1) is 7.81. The number of nitrogens with zero attached hydrogens (tertiary/aromatic N) is 2. The molecule has 0 unspecified atom stereocenters. The fraction of sp³-hybridized carbons (Fsp3) is 0. The zero-order valence-corrected chi connectivity index (χ0v) is 8.82. The fourth-order valence-corrected chi connectivity index (χ4v) is 2.11. The van der Waals surface area contributed by atoms with E-state index in [0.29, 0.717) is 5.02 Å². The van der Waals surface area contributed by atoms with Crippen LogP contribution in [0.15, 0.2) is 35.6 Å². The van der Waals surface area contributed by atoms with Gasteiger partial charge in [-0.1, -0.05) is 23.7 Å². The van der Waals surface area contributed by atoms with Gasteiger partial charge in [0.25, 0.3) is 0 Å². The van der Waals surface area contributed by atoms with Gasteiger partial charge in [0, 0.05) is 11.6 Å². The number of nitroso groups, excluding NO2 is 1. The predicted octanol–water partition coefficient (Wildman–Crippen LogP) is 3.77. The maximum absolute atomic E-state index is 10.7. The maximum atomic E-state index is 10.7. The molecule has 78 valence electrons. The maximum Gasteiger partial charge on any atom is 0.206 e. The van der Waals surface area contributed by atoms with E-state index < -0.39 is 0 Å². The molecule has 0 aliphatic carbocycles. The molecule has 1 aromatic carbocycles. The number of aromatic nitrogens is 2. The van der Waals surface area contributed by atoms with Crippen molar-refractivity contribution >= 4 is 39.2 Å². The Bertz CT molecular complexity index is 705. The Kier molecular flexibility index (Phi) is 1.91. The summed E-state index contributed by atoms with van der Waals surface area (Å²) in [5, 5.41) is 5.13. The van der Waals surface area contributed by atoms with E-state index in [1.807, 2.05) is 12.1 Å². The normalized spacial score (nSPS) is 11.1. The van der Waals surface area contributed by atoms with Gasteiger partial charge in [0.2, 0.25) is 5.82 Å². The van der Waals surface area contributed by atoms with Crippen molar-refractivity contribution in [2.24, 2.45) is 5.18 Å². The molecule has 0 aliphatic rings. The lowest BCUT2D eigenvalue weighted by atomic mass is 10.2. The Labute approximate surface area is 95.2 Å². The summed E-state index contributed by atoms with van der Waals surface area (Å²) in [6, 6.07) is 7.30. The van der Waals surface area contributed by atoms with E-state index in [1.165, 1.54) is 0 Å². The summed E-state index contributed by atoms with van der Waals surface area (Å²) in [7, 11) is 0. The first-order valence-corrected chi connectivity index (χ1v) is 5.07. The van der Waals surface area contributed by atoms with Crippen molar-refractivity contribution in [2.75, 3.05) is 0 Å². The molecule has 0 atom stereocenters. The molecule has 5 heteroatoms. The van der Waals surface area contributed by atoms with Crippen LogP contribution >= 0.6 is 11.6 Å². The third-order valence-electron chi connectivity index (χ3n) is 2.56. The van der Waals surface area contributed by atoms with Gasteiger partial charge in [-0.3, -0.25) is 0 Å². The predicted molar refractivity (Wildman–Crippen MR) is 64.1 cm³/mol. The Hall–Kier alpha value is -1.94. The molecule has 0 saturated carbocycles. The molecule has 0 amide bonds. The molecule has 0 radical (unpaired) electrons. The summed E-state index contributed by atoms with van der Waals surface area (Å²) in [6.45, 7) is 0. The smallest absolute Gasteiger partial charge is 0.206 e. The highest BCUT2D eigenvalue weighted by atomic mass is 35.5. The molecule has 3 aromatic rings. The first kappa shape index (κ1) is 9.30.